The number of likely N-dealkylation sites (N-methyl/N-ethyl adjacent to an activating group) is 2. The van der Waals surface area contributed by atoms with Gasteiger partial charge in [0.1, 0.15) is 11.0 Å². The average Bonchev–Trinajstić information content (AvgIpc) is 2.98. The van der Waals surface area contributed by atoms with Gasteiger partial charge in [0.25, 0.3) is 5.91 Å². The molecule has 0 bridgehead atoms. The van der Waals surface area contributed by atoms with Crippen LogP contribution in [0, 0.1) is 6.92 Å². The van der Waals surface area contributed by atoms with Crippen LogP contribution in [0.15, 0.2) is 24.3 Å². The van der Waals surface area contributed by atoms with Crippen molar-refractivity contribution in [1.29, 1.82) is 0 Å². The Hall–Kier alpha value is -2.71. The fraction of sp³-hybridized carbons (Fsp3) is 0.409. The molecule has 30 heavy (non-hydrogen) atoms. The number of carbonyl (C=O) groups is 3. The quantitative estimate of drug-likeness (QED) is 0.817. The molecule has 1 aromatic heterocycles. The molecule has 1 N–H and O–H groups in total. The molecule has 1 atom stereocenters. The van der Waals surface area contributed by atoms with Gasteiger partial charge in [-0.3, -0.25) is 19.3 Å². The molecule has 4 rings (SSSR count). The lowest BCUT2D eigenvalue weighted by Crippen LogP contribution is -2.43. The summed E-state index contributed by atoms with van der Waals surface area (Å²) < 4.78 is 0. The molecule has 8 heteroatoms. The van der Waals surface area contributed by atoms with Gasteiger partial charge in [0.05, 0.1) is 18.7 Å². The number of hydrogen-bond donors (Lipinski definition) is 1. The van der Waals surface area contributed by atoms with Gasteiger partial charge < -0.3 is 15.1 Å². The summed E-state index contributed by atoms with van der Waals surface area (Å²) in [6.45, 7) is 3.08. The first-order chi connectivity index (χ1) is 14.3. The highest BCUT2D eigenvalue weighted by molar-refractivity contribution is 7.17. The highest BCUT2D eigenvalue weighted by Gasteiger charge is 2.36. The maximum absolute atomic E-state index is 13.5. The molecule has 2 aliphatic rings. The van der Waals surface area contributed by atoms with E-state index in [1.54, 1.807) is 7.05 Å². The third-order valence-electron chi connectivity index (χ3n) is 5.67. The van der Waals surface area contributed by atoms with Crippen LogP contribution >= 0.6 is 11.3 Å². The van der Waals surface area contributed by atoms with Gasteiger partial charge in [-0.1, -0.05) is 29.8 Å². The van der Waals surface area contributed by atoms with Gasteiger partial charge in [-0.25, -0.2) is 0 Å². The summed E-state index contributed by atoms with van der Waals surface area (Å²) >= 11 is 1.41. The van der Waals surface area contributed by atoms with Crippen molar-refractivity contribution < 1.29 is 14.4 Å². The Kier molecular flexibility index (Phi) is 5.38. The van der Waals surface area contributed by atoms with Crippen molar-refractivity contribution in [3.63, 3.8) is 0 Å². The molecule has 2 aliphatic heterocycles. The fourth-order valence-corrected chi connectivity index (χ4v) is 5.50. The largest absolute Gasteiger partial charge is 0.336 e. The Morgan fingerprint density at radius 1 is 1.23 bits per heavy atom. The van der Waals surface area contributed by atoms with Crippen LogP contribution in [0.2, 0.25) is 0 Å². The summed E-state index contributed by atoms with van der Waals surface area (Å²) in [6.07, 6.45) is 0.607. The van der Waals surface area contributed by atoms with Crippen LogP contribution in [-0.4, -0.2) is 66.7 Å². The van der Waals surface area contributed by atoms with E-state index in [4.69, 9.17) is 0 Å². The lowest BCUT2D eigenvalue weighted by atomic mass is 9.99. The van der Waals surface area contributed by atoms with Crippen molar-refractivity contribution in [2.24, 2.45) is 0 Å². The second-order valence-electron chi connectivity index (χ2n) is 8.21. The van der Waals surface area contributed by atoms with Crippen molar-refractivity contribution in [1.82, 2.24) is 14.7 Å². The maximum Gasteiger partial charge on any atom is 0.257 e. The SMILES string of the molecule is Cc1cccc(C(C(=O)N2CCc3c(sc4c3C(=O)N(C)CC(=O)N4)C2)N(C)C)c1. The van der Waals surface area contributed by atoms with E-state index < -0.39 is 0 Å². The number of thiophene rings is 1. The van der Waals surface area contributed by atoms with Crippen LogP contribution in [0.25, 0.3) is 0 Å². The van der Waals surface area contributed by atoms with E-state index in [0.29, 0.717) is 30.1 Å². The van der Waals surface area contributed by atoms with Gasteiger partial charge in [-0.2, -0.15) is 0 Å². The normalized spacial score (nSPS) is 17.4. The van der Waals surface area contributed by atoms with Crippen molar-refractivity contribution in [3.05, 3.63) is 51.4 Å². The molecule has 1 unspecified atom stereocenters. The molecule has 0 fully saturated rings. The van der Waals surface area contributed by atoms with Crippen molar-refractivity contribution in [2.75, 3.05) is 39.5 Å². The van der Waals surface area contributed by atoms with Crippen LogP contribution in [0.4, 0.5) is 5.00 Å². The van der Waals surface area contributed by atoms with Crippen LogP contribution in [0.5, 0.6) is 0 Å². The molecule has 7 nitrogen and oxygen atoms in total. The monoisotopic (exact) mass is 426 g/mol. The van der Waals surface area contributed by atoms with E-state index in [9.17, 15) is 14.4 Å². The zero-order valence-corrected chi connectivity index (χ0v) is 18.5. The average molecular weight is 427 g/mol. The van der Waals surface area contributed by atoms with E-state index in [1.165, 1.54) is 16.2 Å². The first kappa shape index (κ1) is 20.6. The molecular weight excluding hydrogens is 400 g/mol. The second kappa shape index (κ2) is 7.85. The van der Waals surface area contributed by atoms with Gasteiger partial charge in [-0.15, -0.1) is 11.3 Å². The molecule has 0 aliphatic carbocycles. The summed E-state index contributed by atoms with van der Waals surface area (Å²) in [5, 5.41) is 3.47. The number of benzene rings is 1. The highest BCUT2D eigenvalue weighted by Crippen LogP contribution is 2.39. The number of nitrogens with one attached hydrogen (secondary N) is 1. The number of fused-ring (bicyclic) bond motifs is 3. The van der Waals surface area contributed by atoms with Crippen LogP contribution in [0.1, 0.15) is 38.0 Å². The van der Waals surface area contributed by atoms with Gasteiger partial charge in [0, 0.05) is 18.5 Å². The second-order valence-corrected chi connectivity index (χ2v) is 9.31. The van der Waals surface area contributed by atoms with Gasteiger partial charge in [0.15, 0.2) is 0 Å². The number of nitrogens with zero attached hydrogens (tertiary/aromatic N) is 3. The Morgan fingerprint density at radius 3 is 2.70 bits per heavy atom. The Bertz CT molecular complexity index is 1030. The Labute approximate surface area is 180 Å². The number of hydrogen-bond acceptors (Lipinski definition) is 5. The molecule has 1 aromatic carbocycles. The predicted octanol–water partition coefficient (Wildman–Crippen LogP) is 2.27. The van der Waals surface area contributed by atoms with Gasteiger partial charge >= 0.3 is 0 Å². The zero-order valence-electron chi connectivity index (χ0n) is 17.7. The van der Waals surface area contributed by atoms with Crippen LogP contribution in [0.3, 0.4) is 0 Å². The smallest absolute Gasteiger partial charge is 0.257 e. The number of rotatable bonds is 3. The number of amides is 3. The topological polar surface area (TPSA) is 73.0 Å². The molecule has 3 amide bonds. The Morgan fingerprint density at radius 2 is 2.00 bits per heavy atom. The maximum atomic E-state index is 13.5. The molecule has 3 heterocycles. The standard InChI is InChI=1S/C22H26N4O3S/c1-13-6-5-7-14(10-13)19(24(2)3)22(29)26-9-8-15-16(11-26)30-20-18(15)21(28)25(4)12-17(27)23-20/h5-7,10,19H,8-9,11-12H2,1-4H3,(H,23,27). The molecular formula is C22H26N4O3S. The molecule has 158 valence electrons. The summed E-state index contributed by atoms with van der Waals surface area (Å²) in [6, 6.07) is 7.67. The van der Waals surface area contributed by atoms with E-state index in [1.807, 2.05) is 49.0 Å². The molecule has 0 saturated carbocycles. The predicted molar refractivity (Wildman–Crippen MR) is 117 cm³/mol. The molecule has 0 saturated heterocycles. The first-order valence-electron chi connectivity index (χ1n) is 9.98. The van der Waals surface area contributed by atoms with Crippen molar-refractivity contribution in [2.45, 2.75) is 25.9 Å². The molecule has 0 radical (unpaired) electrons. The van der Waals surface area contributed by atoms with E-state index in [-0.39, 0.29) is 30.3 Å². The van der Waals surface area contributed by atoms with Crippen LogP contribution in [-0.2, 0) is 22.6 Å². The summed E-state index contributed by atoms with van der Waals surface area (Å²) in [5.74, 6) is -0.276. The number of carbonyl (C=O) groups excluding carboxylic acids is 3. The minimum atomic E-state index is -0.364. The summed E-state index contributed by atoms with van der Waals surface area (Å²) in [7, 11) is 5.47. The van der Waals surface area contributed by atoms with Crippen molar-refractivity contribution in [3.8, 4) is 0 Å². The van der Waals surface area contributed by atoms with E-state index >= 15 is 0 Å². The van der Waals surface area contributed by atoms with Crippen LogP contribution < -0.4 is 5.32 Å². The zero-order chi connectivity index (χ0) is 21.6. The summed E-state index contributed by atoms with van der Waals surface area (Å²) in [5.41, 5.74) is 3.66. The molecule has 0 spiro atoms. The van der Waals surface area contributed by atoms with Crippen molar-refractivity contribution >= 4 is 34.1 Å². The van der Waals surface area contributed by atoms with E-state index in [0.717, 1.165) is 21.6 Å². The van der Waals surface area contributed by atoms with Gasteiger partial charge in [0.2, 0.25) is 11.8 Å². The number of anilines is 1. The highest BCUT2D eigenvalue weighted by atomic mass is 32.1. The molecule has 2 aromatic rings. The summed E-state index contributed by atoms with van der Waals surface area (Å²) in [4.78, 5) is 44.6. The number of aryl methyl sites for hydroxylation is 1. The van der Waals surface area contributed by atoms with Gasteiger partial charge in [-0.05, 0) is 38.6 Å². The lowest BCUT2D eigenvalue weighted by Gasteiger charge is -2.33. The first-order valence-corrected chi connectivity index (χ1v) is 10.8. The third kappa shape index (κ3) is 3.61. The minimum Gasteiger partial charge on any atom is -0.336 e. The fourth-order valence-electron chi connectivity index (χ4n) is 4.22. The third-order valence-corrected chi connectivity index (χ3v) is 6.80. The minimum absolute atomic E-state index is 0.0484. The lowest BCUT2D eigenvalue weighted by molar-refractivity contribution is -0.137. The Balaban J connectivity index is 1.63. The van der Waals surface area contributed by atoms with E-state index in [2.05, 4.69) is 11.4 Å².